The fourth-order valence-electron chi connectivity index (χ4n) is 3.16. The van der Waals surface area contributed by atoms with Crippen molar-refractivity contribution < 1.29 is 17.6 Å². The maximum Gasteiger partial charge on any atom is 0.419 e. The zero-order chi connectivity index (χ0) is 19.3. The number of halogens is 4. The van der Waals surface area contributed by atoms with Gasteiger partial charge in [0.2, 0.25) is 0 Å². The van der Waals surface area contributed by atoms with Crippen LogP contribution in [0.4, 0.5) is 28.9 Å². The number of hydrogen-bond acceptors (Lipinski definition) is 6. The average molecular weight is 380 g/mol. The number of hydrogen-bond donors (Lipinski definition) is 0. The lowest BCUT2D eigenvalue weighted by molar-refractivity contribution is -0.139. The van der Waals surface area contributed by atoms with Gasteiger partial charge in [-0.2, -0.15) is 18.2 Å². The number of nitrogens with zero attached hydrogens (tertiary/aromatic N) is 6. The van der Waals surface area contributed by atoms with Crippen LogP contribution in [-0.2, 0) is 6.18 Å². The summed E-state index contributed by atoms with van der Waals surface area (Å²) in [4.78, 5) is 12.9. The van der Waals surface area contributed by atoms with Crippen LogP contribution in [0.1, 0.15) is 12.5 Å². The third kappa shape index (κ3) is 3.00. The Hall–Kier alpha value is -2.71. The van der Waals surface area contributed by atoms with Crippen molar-refractivity contribution in [1.82, 2.24) is 9.80 Å². The van der Waals surface area contributed by atoms with Crippen LogP contribution in [0.3, 0.4) is 0 Å². The summed E-state index contributed by atoms with van der Waals surface area (Å²) in [5.41, 5.74) is -1.20. The van der Waals surface area contributed by atoms with E-state index in [-0.39, 0.29) is 17.2 Å². The predicted octanol–water partition coefficient (Wildman–Crippen LogP) is 2.84. The third-order valence-corrected chi connectivity index (χ3v) is 4.63. The summed E-state index contributed by atoms with van der Waals surface area (Å²) in [5, 5.41) is 5.07. The molecule has 4 rings (SSSR count). The first-order valence-corrected chi connectivity index (χ1v) is 8.37. The Morgan fingerprint density at radius 2 is 1.74 bits per heavy atom. The first kappa shape index (κ1) is 17.7. The van der Waals surface area contributed by atoms with Crippen molar-refractivity contribution in [3.05, 3.63) is 29.2 Å². The first-order chi connectivity index (χ1) is 12.8. The van der Waals surface area contributed by atoms with Gasteiger partial charge >= 0.3 is 6.18 Å². The van der Waals surface area contributed by atoms with Gasteiger partial charge in [0.25, 0.3) is 0 Å². The number of likely N-dealkylation sites (N-methyl/N-ethyl adjacent to an activating group) is 1. The van der Waals surface area contributed by atoms with Gasteiger partial charge in [0, 0.05) is 32.0 Å². The van der Waals surface area contributed by atoms with E-state index < -0.39 is 17.6 Å². The molecule has 0 atom stereocenters. The van der Waals surface area contributed by atoms with Gasteiger partial charge in [-0.05, 0) is 26.1 Å². The molecule has 10 heteroatoms. The topological polar surface area (TPSA) is 46.8 Å². The van der Waals surface area contributed by atoms with Crippen LogP contribution >= 0.6 is 0 Å². The molecule has 0 saturated carbocycles. The fraction of sp³-hybridized carbons (Fsp3) is 0.412. The van der Waals surface area contributed by atoms with Crippen LogP contribution in [0.5, 0.6) is 0 Å². The Bertz CT molecular complexity index is 918. The minimum Gasteiger partial charge on any atom is -0.351 e. The van der Waals surface area contributed by atoms with E-state index >= 15 is 0 Å². The van der Waals surface area contributed by atoms with Gasteiger partial charge in [0.05, 0.1) is 11.3 Å². The molecule has 0 bridgehead atoms. The van der Waals surface area contributed by atoms with Crippen LogP contribution in [0, 0.1) is 5.82 Å². The molecule has 0 aromatic heterocycles. The molecule has 0 N–H and O–H groups in total. The Morgan fingerprint density at radius 3 is 2.41 bits per heavy atom. The first-order valence-electron chi connectivity index (χ1n) is 8.37. The summed E-state index contributed by atoms with van der Waals surface area (Å²) in [6, 6.07) is 1.87. The zero-order valence-electron chi connectivity index (χ0n) is 14.7. The van der Waals surface area contributed by atoms with Gasteiger partial charge < -0.3 is 9.80 Å². The summed E-state index contributed by atoms with van der Waals surface area (Å²) in [6.45, 7) is 4.62. The number of fused-ring (bicyclic) bond motifs is 3. The van der Waals surface area contributed by atoms with Gasteiger partial charge in [-0.1, -0.05) is 0 Å². The molecule has 1 aromatic carbocycles. The molecular weight excluding hydrogens is 364 g/mol. The minimum atomic E-state index is -4.82. The highest BCUT2D eigenvalue weighted by atomic mass is 19.4. The van der Waals surface area contributed by atoms with E-state index in [0.29, 0.717) is 30.7 Å². The van der Waals surface area contributed by atoms with Crippen LogP contribution in [0.15, 0.2) is 32.9 Å². The lowest BCUT2D eigenvalue weighted by Crippen LogP contribution is -2.53. The van der Waals surface area contributed by atoms with E-state index in [0.717, 1.165) is 24.2 Å². The second kappa shape index (κ2) is 6.17. The maximum absolute atomic E-state index is 14.7. The molecule has 1 aromatic rings. The smallest absolute Gasteiger partial charge is 0.351 e. The number of hydrazone groups is 1. The van der Waals surface area contributed by atoms with Gasteiger partial charge in [0.1, 0.15) is 11.4 Å². The monoisotopic (exact) mass is 380 g/mol. The molecule has 3 heterocycles. The summed E-state index contributed by atoms with van der Waals surface area (Å²) >= 11 is 0. The van der Waals surface area contributed by atoms with Gasteiger partial charge in [0.15, 0.2) is 17.5 Å². The number of alkyl halides is 3. The molecule has 27 heavy (non-hydrogen) atoms. The highest BCUT2D eigenvalue weighted by molar-refractivity contribution is 6.47. The fourth-order valence-corrected chi connectivity index (χ4v) is 3.16. The lowest BCUT2D eigenvalue weighted by atomic mass is 10.1. The molecule has 0 unspecified atom stereocenters. The number of allylic oxidation sites excluding steroid dienone is 1. The van der Waals surface area contributed by atoms with Gasteiger partial charge in [-0.25, -0.2) is 14.4 Å². The number of benzene rings is 1. The molecule has 0 aliphatic carbocycles. The normalized spacial score (nSPS) is 20.0. The maximum atomic E-state index is 14.7. The van der Waals surface area contributed by atoms with Crippen LogP contribution in [-0.4, -0.2) is 60.6 Å². The van der Waals surface area contributed by atoms with Crippen molar-refractivity contribution in [2.75, 3.05) is 38.2 Å². The van der Waals surface area contributed by atoms with Crippen molar-refractivity contribution in [1.29, 1.82) is 0 Å². The zero-order valence-corrected chi connectivity index (χ0v) is 14.7. The SMILES string of the molecule is CC1=C=NN2C(=N1)C(N1CCN(C)CC1)=Nc1ccc(C(F)(F)F)c(F)c12. The molecular formula is C17H16F4N6. The van der Waals surface area contributed by atoms with Crippen molar-refractivity contribution in [3.8, 4) is 0 Å². The van der Waals surface area contributed by atoms with Crippen molar-refractivity contribution >= 4 is 28.9 Å². The van der Waals surface area contributed by atoms with Crippen molar-refractivity contribution in [2.45, 2.75) is 13.1 Å². The Morgan fingerprint density at radius 1 is 1.04 bits per heavy atom. The molecule has 0 amide bonds. The average Bonchev–Trinajstić information content (AvgIpc) is 2.60. The van der Waals surface area contributed by atoms with Gasteiger partial charge in [-0.3, -0.25) is 0 Å². The van der Waals surface area contributed by atoms with Crippen LogP contribution in [0.2, 0.25) is 0 Å². The largest absolute Gasteiger partial charge is 0.419 e. The van der Waals surface area contributed by atoms with Crippen LogP contribution < -0.4 is 5.01 Å². The lowest BCUT2D eigenvalue weighted by Gasteiger charge is -2.38. The highest BCUT2D eigenvalue weighted by Gasteiger charge is 2.40. The van der Waals surface area contributed by atoms with E-state index in [1.54, 1.807) is 6.92 Å². The van der Waals surface area contributed by atoms with Crippen LogP contribution in [0.25, 0.3) is 0 Å². The molecule has 142 valence electrons. The Balaban J connectivity index is 1.87. The van der Waals surface area contributed by atoms with E-state index in [9.17, 15) is 17.6 Å². The standard InChI is InChI=1S/C17H16F4N6/c1-10-9-22-27-14-12(4-3-11(13(14)18)17(19,20)21)24-15(16(27)23-10)26-7-5-25(2)6-8-26/h3-4H,5-8H2,1-2H3. The molecule has 3 aliphatic rings. The molecule has 6 nitrogen and oxygen atoms in total. The molecule has 3 aliphatic heterocycles. The second-order valence-electron chi connectivity index (χ2n) is 6.56. The highest BCUT2D eigenvalue weighted by Crippen LogP contribution is 2.43. The van der Waals surface area contributed by atoms with E-state index in [4.69, 9.17) is 0 Å². The van der Waals surface area contributed by atoms with Crippen molar-refractivity contribution in [2.24, 2.45) is 15.1 Å². The number of anilines is 1. The van der Waals surface area contributed by atoms with E-state index in [1.807, 2.05) is 11.9 Å². The summed E-state index contributed by atoms with van der Waals surface area (Å²) in [6.07, 6.45) is -4.82. The molecule has 0 radical (unpaired) electrons. The number of piperazine rings is 1. The number of rotatable bonds is 0. The quantitative estimate of drug-likeness (QED) is 0.651. The van der Waals surface area contributed by atoms with E-state index in [1.165, 1.54) is 0 Å². The summed E-state index contributed by atoms with van der Waals surface area (Å²) in [7, 11) is 2.00. The second-order valence-corrected chi connectivity index (χ2v) is 6.56. The molecule has 0 spiro atoms. The van der Waals surface area contributed by atoms with Gasteiger partial charge in [-0.15, -0.1) is 5.10 Å². The third-order valence-electron chi connectivity index (χ3n) is 4.63. The summed E-state index contributed by atoms with van der Waals surface area (Å²) in [5.74, 6) is 1.85. The molecule has 1 fully saturated rings. The summed E-state index contributed by atoms with van der Waals surface area (Å²) < 4.78 is 54.1. The Labute approximate surface area is 152 Å². The minimum absolute atomic E-state index is 0.0819. The predicted molar refractivity (Wildman–Crippen MR) is 94.1 cm³/mol. The van der Waals surface area contributed by atoms with E-state index in [2.05, 4.69) is 25.9 Å². The number of amidine groups is 2. The molecule has 1 saturated heterocycles. The van der Waals surface area contributed by atoms with Crippen molar-refractivity contribution in [3.63, 3.8) is 0 Å². The Kier molecular flexibility index (Phi) is 4.05. The number of aliphatic imine (C=N–C) groups is 2.